The van der Waals surface area contributed by atoms with Crippen LogP contribution in [0.25, 0.3) is 0 Å². The number of ether oxygens (including phenoxy) is 2. The lowest BCUT2D eigenvalue weighted by atomic mass is 10.0. The predicted octanol–water partition coefficient (Wildman–Crippen LogP) is 2.65. The molecule has 0 bridgehead atoms. The van der Waals surface area contributed by atoms with Crippen LogP contribution in [0.2, 0.25) is 0 Å². The summed E-state index contributed by atoms with van der Waals surface area (Å²) < 4.78 is 39.4. The molecular weight excluding hydrogens is 422 g/mol. The van der Waals surface area contributed by atoms with E-state index in [2.05, 4.69) is 0 Å². The predicted molar refractivity (Wildman–Crippen MR) is 112 cm³/mol. The van der Waals surface area contributed by atoms with Crippen LogP contribution in [0.1, 0.15) is 11.1 Å². The third kappa shape index (κ3) is 6.74. The van der Waals surface area contributed by atoms with Crippen molar-refractivity contribution in [2.24, 2.45) is 0 Å². The van der Waals surface area contributed by atoms with Gasteiger partial charge in [-0.05, 0) is 11.1 Å². The molecule has 9 heteroatoms. The molecule has 0 N–H and O–H groups in total. The maximum atomic E-state index is 12.7. The highest BCUT2D eigenvalue weighted by Gasteiger charge is 2.40. The van der Waals surface area contributed by atoms with Gasteiger partial charge in [-0.3, -0.25) is 13.9 Å². The number of benzene rings is 2. The van der Waals surface area contributed by atoms with Crippen molar-refractivity contribution in [3.8, 4) is 0 Å². The molecule has 8 nitrogen and oxygen atoms in total. The van der Waals surface area contributed by atoms with E-state index in [4.69, 9.17) is 13.7 Å². The monoisotopic (exact) mass is 445 g/mol. The van der Waals surface area contributed by atoms with Gasteiger partial charge in [-0.25, -0.2) is 4.79 Å². The van der Waals surface area contributed by atoms with Gasteiger partial charge in [0.2, 0.25) is 0 Å². The molecule has 164 valence electrons. The van der Waals surface area contributed by atoms with E-state index in [-0.39, 0.29) is 19.8 Å². The molecular formula is C22H23NO7S. The van der Waals surface area contributed by atoms with Gasteiger partial charge in [-0.1, -0.05) is 60.7 Å². The van der Waals surface area contributed by atoms with Crippen LogP contribution >= 0.6 is 0 Å². The first-order valence-corrected chi connectivity index (χ1v) is 11.4. The summed E-state index contributed by atoms with van der Waals surface area (Å²) in [5.74, 6) is -0.578. The minimum absolute atomic E-state index is 0.0210. The van der Waals surface area contributed by atoms with Gasteiger partial charge in [0.05, 0.1) is 25.5 Å². The van der Waals surface area contributed by atoms with Crippen molar-refractivity contribution >= 4 is 22.0 Å². The summed E-state index contributed by atoms with van der Waals surface area (Å²) in [4.78, 5) is 26.2. The van der Waals surface area contributed by atoms with Crippen LogP contribution in [0.4, 0.5) is 4.79 Å². The minimum atomic E-state index is -3.96. The zero-order valence-corrected chi connectivity index (χ0v) is 17.7. The maximum Gasteiger partial charge on any atom is 0.414 e. The molecule has 1 heterocycles. The molecule has 1 aliphatic heterocycles. The van der Waals surface area contributed by atoms with Gasteiger partial charge in [-0.15, -0.1) is 0 Å². The average molecular weight is 445 g/mol. The third-order valence-corrected chi connectivity index (χ3v) is 5.04. The summed E-state index contributed by atoms with van der Waals surface area (Å²) >= 11 is 0. The number of nitrogens with zero attached hydrogens (tertiary/aromatic N) is 1. The Balaban J connectivity index is 1.74. The number of hydrogen-bond acceptors (Lipinski definition) is 7. The van der Waals surface area contributed by atoms with Crippen molar-refractivity contribution in [1.82, 2.24) is 4.90 Å². The standard InChI is InChI=1S/C22H23NO7S/c1-31(26,27)30-21-19(16-28-14-17-8-4-2-5-9-17)23(13-12-20(21)24)22(25)29-15-18-10-6-3-7-11-18/h2-13,19,21H,14-16H2,1H3/t19-,21-/m1/s1. The van der Waals surface area contributed by atoms with Gasteiger partial charge < -0.3 is 9.47 Å². The molecule has 0 saturated heterocycles. The van der Waals surface area contributed by atoms with Crippen LogP contribution in [-0.2, 0) is 41.8 Å². The van der Waals surface area contributed by atoms with E-state index < -0.39 is 34.1 Å². The molecule has 0 radical (unpaired) electrons. The molecule has 0 unspecified atom stereocenters. The lowest BCUT2D eigenvalue weighted by Gasteiger charge is -2.34. The van der Waals surface area contributed by atoms with Crippen molar-refractivity contribution in [1.29, 1.82) is 0 Å². The molecule has 0 saturated carbocycles. The zero-order valence-electron chi connectivity index (χ0n) is 16.9. The normalized spacial score (nSPS) is 18.7. The number of hydrogen-bond donors (Lipinski definition) is 0. The van der Waals surface area contributed by atoms with Gasteiger partial charge in [0.25, 0.3) is 10.1 Å². The van der Waals surface area contributed by atoms with Crippen LogP contribution in [-0.4, -0.2) is 50.2 Å². The molecule has 0 fully saturated rings. The minimum Gasteiger partial charge on any atom is -0.444 e. The summed E-state index contributed by atoms with van der Waals surface area (Å²) in [5.41, 5.74) is 1.67. The highest BCUT2D eigenvalue weighted by Crippen LogP contribution is 2.21. The summed E-state index contributed by atoms with van der Waals surface area (Å²) in [6.45, 7) is 0.104. The molecule has 2 aromatic carbocycles. The van der Waals surface area contributed by atoms with Crippen LogP contribution in [0.5, 0.6) is 0 Å². The molecule has 2 atom stereocenters. The lowest BCUT2D eigenvalue weighted by Crippen LogP contribution is -2.54. The number of amides is 1. The number of carbonyl (C=O) groups excluding carboxylic acids is 2. The van der Waals surface area contributed by atoms with E-state index in [1.165, 1.54) is 6.20 Å². The molecule has 0 aliphatic carbocycles. The largest absolute Gasteiger partial charge is 0.444 e. The molecule has 0 aromatic heterocycles. The highest BCUT2D eigenvalue weighted by molar-refractivity contribution is 7.86. The molecule has 31 heavy (non-hydrogen) atoms. The lowest BCUT2D eigenvalue weighted by molar-refractivity contribution is -0.125. The zero-order chi connectivity index (χ0) is 22.3. The van der Waals surface area contributed by atoms with E-state index in [1.807, 2.05) is 48.5 Å². The first-order chi connectivity index (χ1) is 14.8. The fourth-order valence-corrected chi connectivity index (χ4v) is 3.62. The van der Waals surface area contributed by atoms with E-state index in [1.54, 1.807) is 12.1 Å². The van der Waals surface area contributed by atoms with E-state index in [9.17, 15) is 18.0 Å². The Morgan fingerprint density at radius 1 is 0.968 bits per heavy atom. The van der Waals surface area contributed by atoms with Crippen LogP contribution in [0.15, 0.2) is 72.9 Å². The van der Waals surface area contributed by atoms with E-state index >= 15 is 0 Å². The van der Waals surface area contributed by atoms with E-state index in [0.717, 1.165) is 28.4 Å². The quantitative estimate of drug-likeness (QED) is 0.576. The van der Waals surface area contributed by atoms with Crippen LogP contribution < -0.4 is 0 Å². The summed E-state index contributed by atoms with van der Waals surface area (Å²) in [6.07, 6.45) is 1.02. The summed E-state index contributed by atoms with van der Waals surface area (Å²) in [6, 6.07) is 17.4. The molecule has 0 spiro atoms. The summed E-state index contributed by atoms with van der Waals surface area (Å²) in [5, 5.41) is 0. The SMILES string of the molecule is CS(=O)(=O)O[C@H]1C(=O)C=CN(C(=O)OCc2ccccc2)[C@@H]1COCc1ccccc1. The number of ketones is 1. The van der Waals surface area contributed by atoms with Gasteiger partial charge in [0, 0.05) is 12.3 Å². The second-order valence-electron chi connectivity index (χ2n) is 6.95. The van der Waals surface area contributed by atoms with Crippen LogP contribution in [0, 0.1) is 0 Å². The smallest absolute Gasteiger partial charge is 0.414 e. The average Bonchev–Trinajstić information content (AvgIpc) is 2.75. The van der Waals surface area contributed by atoms with Crippen molar-refractivity contribution < 1.29 is 31.7 Å². The highest BCUT2D eigenvalue weighted by atomic mass is 32.2. The Morgan fingerprint density at radius 3 is 2.13 bits per heavy atom. The third-order valence-electron chi connectivity index (χ3n) is 4.48. The molecule has 2 aromatic rings. The maximum absolute atomic E-state index is 12.7. The van der Waals surface area contributed by atoms with Gasteiger partial charge in [0.15, 0.2) is 11.9 Å². The Labute approximate surface area is 181 Å². The summed E-state index contributed by atoms with van der Waals surface area (Å²) in [7, 11) is -3.96. The first kappa shape index (κ1) is 22.7. The fraction of sp³-hybridized carbons (Fsp3) is 0.273. The molecule has 1 aliphatic rings. The molecule has 1 amide bonds. The first-order valence-electron chi connectivity index (χ1n) is 9.54. The Morgan fingerprint density at radius 2 is 1.55 bits per heavy atom. The van der Waals surface area contributed by atoms with Gasteiger partial charge in [0.1, 0.15) is 6.61 Å². The topological polar surface area (TPSA) is 99.2 Å². The Bertz CT molecular complexity index is 1020. The van der Waals surface area contributed by atoms with Crippen LogP contribution in [0.3, 0.4) is 0 Å². The van der Waals surface area contributed by atoms with Gasteiger partial charge >= 0.3 is 6.09 Å². The second kappa shape index (κ2) is 10.3. The van der Waals surface area contributed by atoms with Crippen molar-refractivity contribution in [3.63, 3.8) is 0 Å². The fourth-order valence-electron chi connectivity index (χ4n) is 3.02. The molecule has 3 rings (SSSR count). The van der Waals surface area contributed by atoms with Gasteiger partial charge in [-0.2, -0.15) is 8.42 Å². The van der Waals surface area contributed by atoms with Crippen molar-refractivity contribution in [3.05, 3.63) is 84.1 Å². The van der Waals surface area contributed by atoms with Crippen molar-refractivity contribution in [2.45, 2.75) is 25.4 Å². The number of carbonyl (C=O) groups is 2. The van der Waals surface area contributed by atoms with E-state index in [0.29, 0.717) is 0 Å². The second-order valence-corrected chi connectivity index (χ2v) is 8.56. The van der Waals surface area contributed by atoms with Crippen molar-refractivity contribution in [2.75, 3.05) is 12.9 Å². The Kier molecular flexibility index (Phi) is 7.56. The Hall–Kier alpha value is -3.01. The number of rotatable bonds is 8.